The number of benzene rings is 2. The van der Waals surface area contributed by atoms with Crippen molar-refractivity contribution in [3.8, 4) is 0 Å². The lowest BCUT2D eigenvalue weighted by Gasteiger charge is -2.42. The first-order chi connectivity index (χ1) is 24.6. The van der Waals surface area contributed by atoms with E-state index in [2.05, 4.69) is 5.32 Å². The first kappa shape index (κ1) is 39.3. The van der Waals surface area contributed by atoms with Crippen LogP contribution in [0, 0.1) is 12.8 Å². The van der Waals surface area contributed by atoms with Gasteiger partial charge in [-0.3, -0.25) is 14.9 Å². The molecule has 2 saturated heterocycles. The number of hydrogen-bond acceptors (Lipinski definition) is 9. The van der Waals surface area contributed by atoms with Crippen LogP contribution < -0.4 is 16.0 Å². The highest BCUT2D eigenvalue weighted by Crippen LogP contribution is 2.49. The summed E-state index contributed by atoms with van der Waals surface area (Å²) in [5.74, 6) is -1.17. The minimum Gasteiger partial charge on any atom is -0.459 e. The number of allylic oxidation sites excluding steroid dienone is 3. The Bertz CT molecular complexity index is 1700. The van der Waals surface area contributed by atoms with Crippen LogP contribution in [0.4, 0.5) is 16.2 Å². The Morgan fingerprint density at radius 2 is 1.88 bits per heavy atom. The number of esters is 1. The minimum atomic E-state index is -1.77. The average molecular weight is 738 g/mol. The van der Waals surface area contributed by atoms with Gasteiger partial charge in [-0.1, -0.05) is 66.9 Å². The molecule has 11 nitrogen and oxygen atoms in total. The number of alkyl carbamates (subject to hydrolysis) is 1. The van der Waals surface area contributed by atoms with Gasteiger partial charge in [0.2, 0.25) is 5.91 Å². The molecular formula is C40H52ClN3O8. The number of methoxy groups -OCH3 is 1. The van der Waals surface area contributed by atoms with Gasteiger partial charge in [0.15, 0.2) is 5.72 Å². The van der Waals surface area contributed by atoms with Crippen LogP contribution in [0.1, 0.15) is 76.0 Å². The largest absolute Gasteiger partial charge is 0.459 e. The number of nitrogens with zero attached hydrogens (tertiary/aromatic N) is 1. The number of rotatable bonds is 8. The van der Waals surface area contributed by atoms with E-state index in [0.717, 1.165) is 41.6 Å². The number of ether oxygens (including phenoxy) is 4. The number of aryl methyl sites for hydroxylation is 2. The summed E-state index contributed by atoms with van der Waals surface area (Å²) >= 11 is 6.77. The van der Waals surface area contributed by atoms with E-state index >= 15 is 0 Å². The third kappa shape index (κ3) is 9.17. The van der Waals surface area contributed by atoms with Crippen molar-refractivity contribution < 1.29 is 38.4 Å². The molecule has 5 rings (SSSR count). The Hall–Kier alpha value is -3.90. The van der Waals surface area contributed by atoms with Crippen molar-refractivity contribution >= 4 is 40.9 Å². The molecule has 7 unspecified atom stereocenters. The highest BCUT2D eigenvalue weighted by molar-refractivity contribution is 6.34. The number of fused-ring (bicyclic) bond motifs is 5. The van der Waals surface area contributed by atoms with Gasteiger partial charge in [-0.25, -0.2) is 4.79 Å². The van der Waals surface area contributed by atoms with Crippen molar-refractivity contribution in [3.05, 3.63) is 81.9 Å². The van der Waals surface area contributed by atoms with Crippen molar-refractivity contribution in [2.75, 3.05) is 24.8 Å². The van der Waals surface area contributed by atoms with Gasteiger partial charge in [0.1, 0.15) is 23.9 Å². The van der Waals surface area contributed by atoms with Crippen LogP contribution in [0.2, 0.25) is 5.02 Å². The van der Waals surface area contributed by atoms with E-state index < -0.39 is 53.7 Å². The van der Waals surface area contributed by atoms with Crippen LogP contribution in [0.15, 0.2) is 60.2 Å². The Labute approximate surface area is 311 Å². The molecule has 2 fully saturated rings. The first-order valence-corrected chi connectivity index (χ1v) is 18.4. The van der Waals surface area contributed by atoms with E-state index in [9.17, 15) is 19.5 Å². The van der Waals surface area contributed by atoms with E-state index in [0.29, 0.717) is 23.6 Å². The summed E-state index contributed by atoms with van der Waals surface area (Å²) in [6.07, 6.45) is 5.27. The standard InChI is InChI=1S/C40H52ClN3O8/c1-24-11-10-13-32(49-6)40(48)23-31(50-38(47)43-40)26(3)37-39(4,52-37)33(22-34(45)44(5)30-21-28(19-24)20-25(2)36(30)41)51-35(46)14-9-7-8-12-27-15-17-29(42)18-16-27/h10-11,13,15-18,20-21,26,31-33,37,48H,7-9,12,14,19,22-23,42H2,1-6H3,(H,43,47). The van der Waals surface area contributed by atoms with Crippen molar-refractivity contribution in [3.63, 3.8) is 0 Å². The lowest BCUT2D eigenvalue weighted by molar-refractivity contribution is -0.154. The Kier molecular flexibility index (Phi) is 12.4. The average Bonchev–Trinajstić information content (AvgIpc) is 3.79. The molecule has 2 aromatic rings. The molecule has 4 N–H and O–H groups in total. The number of hydrogen-bond donors (Lipinski definition) is 3. The van der Waals surface area contributed by atoms with Crippen LogP contribution in [0.3, 0.4) is 0 Å². The number of nitrogens with one attached hydrogen (secondary N) is 1. The van der Waals surface area contributed by atoms with Crippen molar-refractivity contribution in [2.24, 2.45) is 5.92 Å². The predicted octanol–water partition coefficient (Wildman–Crippen LogP) is 6.35. The van der Waals surface area contributed by atoms with Gasteiger partial charge in [0.05, 0.1) is 23.2 Å². The summed E-state index contributed by atoms with van der Waals surface area (Å²) in [7, 11) is 3.13. The van der Waals surface area contributed by atoms with Gasteiger partial charge in [0.25, 0.3) is 0 Å². The molecule has 0 radical (unpaired) electrons. The molecular weight excluding hydrogens is 686 g/mol. The van der Waals surface area contributed by atoms with E-state index in [1.54, 1.807) is 26.1 Å². The maximum atomic E-state index is 14.0. The third-order valence-electron chi connectivity index (χ3n) is 10.5. The number of nitrogens with two attached hydrogens (primary N) is 1. The quantitative estimate of drug-likeness (QED) is 0.122. The van der Waals surface area contributed by atoms with Crippen molar-refractivity contribution in [2.45, 2.75) is 115 Å². The molecule has 0 spiro atoms. The number of carbonyl (C=O) groups is 3. The van der Waals surface area contributed by atoms with Crippen molar-refractivity contribution in [1.82, 2.24) is 5.32 Å². The van der Waals surface area contributed by atoms with Gasteiger partial charge < -0.3 is 34.7 Å². The normalized spacial score (nSPS) is 29.4. The molecule has 3 heterocycles. The fraction of sp³-hybridized carbons (Fsp3) is 0.525. The van der Waals surface area contributed by atoms with Crippen LogP contribution in [0.25, 0.3) is 0 Å². The topological polar surface area (TPSA) is 153 Å². The smallest absolute Gasteiger partial charge is 0.409 e. The third-order valence-corrected chi connectivity index (χ3v) is 11.0. The van der Waals surface area contributed by atoms with E-state index in [1.165, 1.54) is 17.6 Å². The Morgan fingerprint density at radius 1 is 1.15 bits per heavy atom. The Morgan fingerprint density at radius 3 is 2.60 bits per heavy atom. The number of anilines is 2. The van der Waals surface area contributed by atoms with E-state index in [1.807, 2.05) is 63.2 Å². The maximum absolute atomic E-state index is 14.0. The lowest BCUT2D eigenvalue weighted by Crippen LogP contribution is -2.63. The summed E-state index contributed by atoms with van der Waals surface area (Å²) in [4.78, 5) is 41.7. The minimum absolute atomic E-state index is 0.00743. The molecule has 2 amide bonds. The van der Waals surface area contributed by atoms with Gasteiger partial charge in [-0.05, 0) is 81.3 Å². The predicted molar refractivity (Wildman–Crippen MR) is 200 cm³/mol. The Balaban J connectivity index is 1.40. The summed E-state index contributed by atoms with van der Waals surface area (Å²) in [5, 5.41) is 14.7. The second-order valence-corrected chi connectivity index (χ2v) is 15.1. The van der Waals surface area contributed by atoms with E-state index in [4.69, 9.17) is 36.3 Å². The number of carbonyl (C=O) groups excluding carboxylic acids is 3. The van der Waals surface area contributed by atoms with Crippen molar-refractivity contribution in [1.29, 1.82) is 0 Å². The highest BCUT2D eigenvalue weighted by atomic mass is 35.5. The van der Waals surface area contributed by atoms with Gasteiger partial charge >= 0.3 is 12.1 Å². The lowest BCUT2D eigenvalue weighted by atomic mass is 9.83. The van der Waals surface area contributed by atoms with Crippen LogP contribution in [0.5, 0.6) is 0 Å². The fourth-order valence-electron chi connectivity index (χ4n) is 7.32. The molecule has 0 aromatic heterocycles. The van der Waals surface area contributed by atoms with E-state index in [-0.39, 0.29) is 25.2 Å². The van der Waals surface area contributed by atoms with Crippen LogP contribution in [-0.2, 0) is 41.4 Å². The molecule has 12 heteroatoms. The number of halogens is 1. The second kappa shape index (κ2) is 16.4. The summed E-state index contributed by atoms with van der Waals surface area (Å²) < 4.78 is 23.7. The number of aliphatic hydroxyl groups is 1. The molecule has 0 saturated carbocycles. The molecule has 4 bridgehead atoms. The zero-order valence-corrected chi connectivity index (χ0v) is 31.7. The number of epoxide rings is 1. The SMILES string of the molecule is COC1C=CC=C(C)Cc2cc(C)c(Cl)c(c2)N(C)C(=O)CC(OC(=O)CCCCCc2ccc(N)cc2)C2(C)OC2C(C)C2CC1(O)NC(=O)O2. The molecule has 2 aromatic carbocycles. The molecule has 282 valence electrons. The number of unbranched alkanes of at least 4 members (excludes halogenated alkanes) is 2. The van der Waals surface area contributed by atoms with Gasteiger partial charge in [-0.15, -0.1) is 0 Å². The summed E-state index contributed by atoms with van der Waals surface area (Å²) in [6.45, 7) is 7.53. The molecule has 3 aliphatic rings. The summed E-state index contributed by atoms with van der Waals surface area (Å²) in [6, 6.07) is 11.7. The number of nitrogen functional groups attached to an aromatic ring is 1. The van der Waals surface area contributed by atoms with Gasteiger partial charge in [0, 0.05) is 38.6 Å². The second-order valence-electron chi connectivity index (χ2n) is 14.7. The molecule has 0 aliphatic carbocycles. The maximum Gasteiger partial charge on any atom is 0.409 e. The molecule has 52 heavy (non-hydrogen) atoms. The number of amides is 2. The summed E-state index contributed by atoms with van der Waals surface area (Å²) in [5.41, 5.74) is 8.19. The zero-order valence-electron chi connectivity index (χ0n) is 30.9. The highest BCUT2D eigenvalue weighted by Gasteiger charge is 2.64. The molecule has 7 atom stereocenters. The van der Waals surface area contributed by atoms with Gasteiger partial charge in [-0.2, -0.15) is 0 Å². The zero-order chi connectivity index (χ0) is 37.8. The first-order valence-electron chi connectivity index (χ1n) is 18.0. The van der Waals surface area contributed by atoms with Crippen LogP contribution >= 0.6 is 11.6 Å². The fourth-order valence-corrected chi connectivity index (χ4v) is 7.56. The molecule has 3 aliphatic heterocycles. The monoisotopic (exact) mass is 737 g/mol. The van der Waals surface area contributed by atoms with Crippen LogP contribution in [-0.4, -0.2) is 73.0 Å².